The number of nitrogens with one attached hydrogen (secondary N) is 4. The van der Waals surface area contributed by atoms with Crippen LogP contribution < -0.4 is 10.6 Å². The highest BCUT2D eigenvalue weighted by atomic mass is 79.9. The third-order valence-corrected chi connectivity index (χ3v) is 5.09. The molecule has 0 aromatic heterocycles. The molecule has 0 atom stereocenters. The van der Waals surface area contributed by atoms with Crippen LogP contribution in [0, 0.1) is 16.6 Å². The van der Waals surface area contributed by atoms with Crippen LogP contribution in [0.15, 0.2) is 39.9 Å². The van der Waals surface area contributed by atoms with Crippen LogP contribution in [-0.2, 0) is 4.74 Å². The molecule has 0 bridgehead atoms. The number of benzene rings is 1. The van der Waals surface area contributed by atoms with E-state index in [1.807, 2.05) is 6.92 Å². The first-order valence-electron chi connectivity index (χ1n) is 9.08. The van der Waals surface area contributed by atoms with E-state index < -0.39 is 5.82 Å². The largest absolute Gasteiger partial charge is 0.494 e. The van der Waals surface area contributed by atoms with Crippen LogP contribution in [0.4, 0.5) is 10.1 Å². The van der Waals surface area contributed by atoms with Crippen molar-refractivity contribution in [3.63, 3.8) is 0 Å². The highest BCUT2D eigenvalue weighted by molar-refractivity contribution is 9.11. The van der Waals surface area contributed by atoms with Gasteiger partial charge in [0.1, 0.15) is 23.8 Å². The Labute approximate surface area is 173 Å². The molecule has 0 heterocycles. The molecule has 1 aliphatic carbocycles. The van der Waals surface area contributed by atoms with Crippen LogP contribution in [-0.4, -0.2) is 31.0 Å². The Balaban J connectivity index is 2.24. The van der Waals surface area contributed by atoms with Crippen molar-refractivity contribution in [3.8, 4) is 0 Å². The standard InChI is InChI=1S/C20H25BrFN5O/c1-3-28-13(2)17-10-15(22)7-8-18(17)27-19(25-12-24)9-14(11-23)20(21)26-16-5-4-6-16/h7-8,10-12,16,23,26H,2-6,9H2,1H3,(H2,24,25,27)/b20-14-,23-11?. The maximum Gasteiger partial charge on any atom is 0.124 e. The van der Waals surface area contributed by atoms with Crippen LogP contribution in [0.5, 0.6) is 0 Å². The number of amidine groups is 1. The van der Waals surface area contributed by atoms with Gasteiger partial charge in [-0.05, 0) is 60.3 Å². The van der Waals surface area contributed by atoms with Crippen molar-refractivity contribution in [2.75, 3.05) is 11.9 Å². The van der Waals surface area contributed by atoms with Gasteiger partial charge < -0.3 is 20.8 Å². The molecule has 4 N–H and O–H groups in total. The van der Waals surface area contributed by atoms with E-state index in [1.54, 1.807) is 6.07 Å². The number of rotatable bonds is 10. The topological polar surface area (TPSA) is 93.3 Å². The minimum Gasteiger partial charge on any atom is -0.494 e. The lowest BCUT2D eigenvalue weighted by atomic mass is 9.93. The molecule has 0 radical (unpaired) electrons. The first-order chi connectivity index (χ1) is 13.5. The normalized spacial score (nSPS) is 15.2. The molecule has 0 amide bonds. The minimum absolute atomic E-state index is 0.289. The lowest BCUT2D eigenvalue weighted by molar-refractivity contribution is 0.299. The van der Waals surface area contributed by atoms with E-state index in [0.29, 0.717) is 41.1 Å². The average molecular weight is 450 g/mol. The molecule has 1 fully saturated rings. The van der Waals surface area contributed by atoms with Crippen LogP contribution in [0.1, 0.15) is 38.2 Å². The Morgan fingerprint density at radius 1 is 1.43 bits per heavy atom. The monoisotopic (exact) mass is 449 g/mol. The molecular formula is C20H25BrFN5O. The predicted octanol–water partition coefficient (Wildman–Crippen LogP) is 5.04. The molecule has 0 saturated heterocycles. The summed E-state index contributed by atoms with van der Waals surface area (Å²) < 4.78 is 19.9. The van der Waals surface area contributed by atoms with E-state index in [9.17, 15) is 4.39 Å². The van der Waals surface area contributed by atoms with Crippen LogP contribution in [0.2, 0.25) is 0 Å². The number of nitrogens with zero attached hydrogens (tertiary/aromatic N) is 1. The zero-order valence-corrected chi connectivity index (χ0v) is 17.4. The Morgan fingerprint density at radius 2 is 2.18 bits per heavy atom. The maximum atomic E-state index is 13.7. The fourth-order valence-electron chi connectivity index (χ4n) is 2.66. The van der Waals surface area contributed by atoms with Gasteiger partial charge in [-0.1, -0.05) is 6.58 Å². The predicted molar refractivity (Wildman–Crippen MR) is 117 cm³/mol. The van der Waals surface area contributed by atoms with Crippen LogP contribution in [0.3, 0.4) is 0 Å². The molecule has 0 unspecified atom stereocenters. The van der Waals surface area contributed by atoms with Gasteiger partial charge in [0.15, 0.2) is 0 Å². The fourth-order valence-corrected chi connectivity index (χ4v) is 3.24. The van der Waals surface area contributed by atoms with Gasteiger partial charge in [-0.25, -0.2) is 9.38 Å². The van der Waals surface area contributed by atoms with E-state index in [0.717, 1.165) is 23.8 Å². The van der Waals surface area contributed by atoms with E-state index >= 15 is 0 Å². The molecule has 1 aromatic carbocycles. The molecule has 6 nitrogen and oxygen atoms in total. The molecule has 0 spiro atoms. The molecule has 28 heavy (non-hydrogen) atoms. The zero-order valence-electron chi connectivity index (χ0n) is 15.8. The van der Waals surface area contributed by atoms with E-state index in [-0.39, 0.29) is 6.42 Å². The zero-order chi connectivity index (χ0) is 20.5. The summed E-state index contributed by atoms with van der Waals surface area (Å²) in [7, 11) is 0. The summed E-state index contributed by atoms with van der Waals surface area (Å²) in [4.78, 5) is 4.07. The molecular weight excluding hydrogens is 425 g/mol. The van der Waals surface area contributed by atoms with Crippen molar-refractivity contribution in [2.24, 2.45) is 4.99 Å². The van der Waals surface area contributed by atoms with Gasteiger partial charge in [-0.3, -0.25) is 5.41 Å². The van der Waals surface area contributed by atoms with Crippen molar-refractivity contribution in [2.45, 2.75) is 38.6 Å². The lowest BCUT2D eigenvalue weighted by Gasteiger charge is -2.28. The molecule has 2 rings (SSSR count). The van der Waals surface area contributed by atoms with E-state index in [2.05, 4.69) is 38.1 Å². The average Bonchev–Trinajstić information content (AvgIpc) is 2.64. The van der Waals surface area contributed by atoms with Gasteiger partial charge in [0.05, 0.1) is 16.9 Å². The number of hydrogen-bond donors (Lipinski definition) is 4. The summed E-state index contributed by atoms with van der Waals surface area (Å²) in [6.45, 7) is 6.09. The minimum atomic E-state index is -0.403. The first-order valence-corrected chi connectivity index (χ1v) is 9.87. The van der Waals surface area contributed by atoms with Crippen molar-refractivity contribution in [3.05, 3.63) is 46.3 Å². The second-order valence-electron chi connectivity index (χ2n) is 6.31. The molecule has 1 aliphatic rings. The highest BCUT2D eigenvalue weighted by Crippen LogP contribution is 2.26. The van der Waals surface area contributed by atoms with Crippen molar-refractivity contribution in [1.29, 1.82) is 10.8 Å². The van der Waals surface area contributed by atoms with Gasteiger partial charge in [0, 0.05) is 29.8 Å². The molecule has 8 heteroatoms. The fraction of sp³-hybridized carbons (Fsp3) is 0.350. The van der Waals surface area contributed by atoms with Crippen LogP contribution in [0.25, 0.3) is 5.76 Å². The summed E-state index contributed by atoms with van der Waals surface area (Å²) in [5, 5.41) is 21.5. The number of aliphatic imine (C=N–C) groups is 1. The maximum absolute atomic E-state index is 13.7. The summed E-state index contributed by atoms with van der Waals surface area (Å²) in [6, 6.07) is 4.65. The first kappa shape index (κ1) is 21.8. The summed E-state index contributed by atoms with van der Waals surface area (Å²) in [5.74, 6) is 0.381. The second-order valence-corrected chi connectivity index (χ2v) is 7.10. The number of ether oxygens (including phenoxy) is 1. The molecule has 0 aliphatic heterocycles. The smallest absolute Gasteiger partial charge is 0.124 e. The number of halogens is 2. The molecule has 1 aromatic rings. The third-order valence-electron chi connectivity index (χ3n) is 4.35. The Bertz CT molecular complexity index is 802. The highest BCUT2D eigenvalue weighted by Gasteiger charge is 2.19. The lowest BCUT2D eigenvalue weighted by Crippen LogP contribution is -2.33. The second kappa shape index (κ2) is 10.8. The molecule has 150 valence electrons. The summed E-state index contributed by atoms with van der Waals surface area (Å²) in [5.41, 5.74) is 1.73. The Kier molecular flexibility index (Phi) is 8.38. The van der Waals surface area contributed by atoms with Gasteiger partial charge in [0.25, 0.3) is 0 Å². The Hall–Kier alpha value is -2.48. The SMILES string of the molecule is C=C(OCC)c1cc(F)ccc1N/C(C/C(C=N)=C(\Br)NC1CCC1)=N\C=N. The van der Waals surface area contributed by atoms with Gasteiger partial charge in [-0.15, -0.1) is 0 Å². The van der Waals surface area contributed by atoms with Gasteiger partial charge in [-0.2, -0.15) is 0 Å². The third kappa shape index (κ3) is 6.02. The molecule has 1 saturated carbocycles. The summed E-state index contributed by atoms with van der Waals surface area (Å²) >= 11 is 3.51. The number of hydrogen-bond acceptors (Lipinski definition) is 4. The van der Waals surface area contributed by atoms with Crippen LogP contribution >= 0.6 is 15.9 Å². The number of anilines is 1. The van der Waals surface area contributed by atoms with Gasteiger partial charge >= 0.3 is 0 Å². The van der Waals surface area contributed by atoms with Crippen molar-refractivity contribution < 1.29 is 9.13 Å². The quantitative estimate of drug-likeness (QED) is 0.174. The van der Waals surface area contributed by atoms with Crippen molar-refractivity contribution in [1.82, 2.24) is 5.32 Å². The Morgan fingerprint density at radius 3 is 2.75 bits per heavy atom. The summed E-state index contributed by atoms with van der Waals surface area (Å²) in [6.07, 6.45) is 5.89. The van der Waals surface area contributed by atoms with Crippen molar-refractivity contribution >= 4 is 45.8 Å². The van der Waals surface area contributed by atoms with Gasteiger partial charge in [0.2, 0.25) is 0 Å². The van der Waals surface area contributed by atoms with E-state index in [1.165, 1.54) is 24.8 Å². The van der Waals surface area contributed by atoms with E-state index in [4.69, 9.17) is 15.6 Å².